The van der Waals surface area contributed by atoms with E-state index >= 15 is 0 Å². The quantitative estimate of drug-likeness (QED) is 0.785. The zero-order chi connectivity index (χ0) is 13.5. The summed E-state index contributed by atoms with van der Waals surface area (Å²) in [5, 5.41) is 0. The van der Waals surface area contributed by atoms with Crippen LogP contribution in [-0.4, -0.2) is 38.8 Å². The third kappa shape index (κ3) is 4.31. The Morgan fingerprint density at radius 3 is 2.83 bits per heavy atom. The van der Waals surface area contributed by atoms with Crippen molar-refractivity contribution in [3.8, 4) is 0 Å². The van der Waals surface area contributed by atoms with E-state index in [2.05, 4.69) is 20.8 Å². The minimum absolute atomic E-state index is 0.00642. The van der Waals surface area contributed by atoms with E-state index in [-0.39, 0.29) is 11.9 Å². The van der Waals surface area contributed by atoms with E-state index in [1.807, 2.05) is 7.05 Å². The van der Waals surface area contributed by atoms with Crippen molar-refractivity contribution < 1.29 is 9.13 Å². The Bertz CT molecular complexity index is 376. The molecule has 0 aliphatic rings. The molecule has 3 nitrogen and oxygen atoms in total. The third-order valence-electron chi connectivity index (χ3n) is 2.93. The van der Waals surface area contributed by atoms with E-state index < -0.39 is 0 Å². The molecular weight excluding hydrogens is 299 g/mol. The number of hydrogen-bond acceptors (Lipinski definition) is 3. The number of nitrogens with two attached hydrogens (primary N) is 1. The molecule has 1 aromatic carbocycles. The first-order valence-electron chi connectivity index (χ1n) is 5.94. The Balaban J connectivity index is 2.78. The lowest BCUT2D eigenvalue weighted by atomic mass is 10.1. The van der Waals surface area contributed by atoms with Crippen LogP contribution in [0.2, 0.25) is 0 Å². The molecule has 1 unspecified atom stereocenters. The Labute approximate surface area is 116 Å². The average molecular weight is 319 g/mol. The number of rotatable bonds is 7. The largest absolute Gasteiger partial charge is 0.385 e. The van der Waals surface area contributed by atoms with E-state index in [4.69, 9.17) is 10.5 Å². The van der Waals surface area contributed by atoms with E-state index in [0.29, 0.717) is 13.2 Å². The molecule has 0 bridgehead atoms. The second-order valence-electron chi connectivity index (χ2n) is 4.24. The molecule has 1 atom stereocenters. The molecule has 1 rings (SSSR count). The molecule has 0 spiro atoms. The average Bonchev–Trinajstić information content (AvgIpc) is 2.35. The van der Waals surface area contributed by atoms with Crippen LogP contribution in [-0.2, 0) is 4.74 Å². The summed E-state index contributed by atoms with van der Waals surface area (Å²) in [6.45, 7) is 2.02. The van der Waals surface area contributed by atoms with Crippen molar-refractivity contribution in [2.45, 2.75) is 12.5 Å². The summed E-state index contributed by atoms with van der Waals surface area (Å²) in [6.07, 6.45) is 0.927. The van der Waals surface area contributed by atoms with E-state index in [9.17, 15) is 4.39 Å². The van der Waals surface area contributed by atoms with Crippen molar-refractivity contribution in [1.82, 2.24) is 4.90 Å². The van der Waals surface area contributed by atoms with Gasteiger partial charge in [-0.1, -0.05) is 15.9 Å². The highest BCUT2D eigenvalue weighted by atomic mass is 79.9. The van der Waals surface area contributed by atoms with Crippen LogP contribution in [0.25, 0.3) is 0 Å². The topological polar surface area (TPSA) is 38.5 Å². The summed E-state index contributed by atoms with van der Waals surface area (Å²) < 4.78 is 19.2. The molecule has 5 heteroatoms. The van der Waals surface area contributed by atoms with Gasteiger partial charge >= 0.3 is 0 Å². The third-order valence-corrected chi connectivity index (χ3v) is 3.65. The van der Waals surface area contributed by atoms with Crippen molar-refractivity contribution in [1.29, 1.82) is 0 Å². The van der Waals surface area contributed by atoms with Gasteiger partial charge in [0, 0.05) is 37.3 Å². The number of halogens is 2. The van der Waals surface area contributed by atoms with Gasteiger partial charge in [0.05, 0.1) is 0 Å². The highest BCUT2D eigenvalue weighted by Gasteiger charge is 2.18. The van der Waals surface area contributed by atoms with Crippen molar-refractivity contribution in [3.05, 3.63) is 34.1 Å². The van der Waals surface area contributed by atoms with E-state index in [1.54, 1.807) is 13.2 Å². The zero-order valence-corrected chi connectivity index (χ0v) is 12.4. The zero-order valence-electron chi connectivity index (χ0n) is 10.8. The summed E-state index contributed by atoms with van der Waals surface area (Å²) in [4.78, 5) is 2.12. The van der Waals surface area contributed by atoms with E-state index in [1.165, 1.54) is 12.1 Å². The molecule has 18 heavy (non-hydrogen) atoms. The number of ether oxygens (including phenoxy) is 1. The Kier molecular flexibility index (Phi) is 6.78. The second-order valence-corrected chi connectivity index (χ2v) is 5.10. The van der Waals surface area contributed by atoms with Crippen LogP contribution < -0.4 is 5.73 Å². The SMILES string of the molecule is COCCCN(C)C(CN)c1cc(F)ccc1Br. The fourth-order valence-corrected chi connectivity index (χ4v) is 2.44. The maximum Gasteiger partial charge on any atom is 0.123 e. The van der Waals surface area contributed by atoms with Gasteiger partial charge in [-0.15, -0.1) is 0 Å². The molecule has 0 saturated carbocycles. The van der Waals surface area contributed by atoms with Gasteiger partial charge < -0.3 is 10.5 Å². The lowest BCUT2D eigenvalue weighted by Crippen LogP contribution is -2.32. The lowest BCUT2D eigenvalue weighted by Gasteiger charge is -2.28. The molecule has 0 amide bonds. The highest BCUT2D eigenvalue weighted by Crippen LogP contribution is 2.27. The molecule has 0 aliphatic heterocycles. The Morgan fingerprint density at radius 2 is 2.22 bits per heavy atom. The number of benzene rings is 1. The fraction of sp³-hybridized carbons (Fsp3) is 0.538. The molecule has 1 aromatic rings. The second kappa shape index (κ2) is 7.84. The predicted molar refractivity (Wildman–Crippen MR) is 75.0 cm³/mol. The Hall–Kier alpha value is -0.490. The van der Waals surface area contributed by atoms with Crippen LogP contribution in [0.5, 0.6) is 0 Å². The summed E-state index contributed by atoms with van der Waals surface area (Å²) in [7, 11) is 3.67. The van der Waals surface area contributed by atoms with Gasteiger partial charge in [0.25, 0.3) is 0 Å². The normalized spacial score (nSPS) is 13.0. The van der Waals surface area contributed by atoms with Crippen LogP contribution in [0, 0.1) is 5.82 Å². The molecule has 0 saturated heterocycles. The summed E-state index contributed by atoms with van der Waals surface area (Å²) in [5.41, 5.74) is 6.70. The molecule has 0 fully saturated rings. The van der Waals surface area contributed by atoms with Crippen molar-refractivity contribution in [2.24, 2.45) is 5.73 Å². The molecule has 0 aliphatic carbocycles. The first-order valence-corrected chi connectivity index (χ1v) is 6.73. The minimum Gasteiger partial charge on any atom is -0.385 e. The maximum atomic E-state index is 13.3. The van der Waals surface area contributed by atoms with Crippen LogP contribution in [0.4, 0.5) is 4.39 Å². The molecule has 102 valence electrons. The summed E-state index contributed by atoms with van der Waals surface area (Å²) in [5.74, 6) is -0.239. The van der Waals surface area contributed by atoms with Gasteiger partial charge in [-0.25, -0.2) is 4.39 Å². The Morgan fingerprint density at radius 1 is 1.50 bits per heavy atom. The minimum atomic E-state index is -0.239. The maximum absolute atomic E-state index is 13.3. The van der Waals surface area contributed by atoms with Crippen molar-refractivity contribution >= 4 is 15.9 Å². The molecule has 0 heterocycles. The standard InChI is InChI=1S/C13H20BrFN2O/c1-17(6-3-7-18-2)13(9-16)11-8-10(15)4-5-12(11)14/h4-5,8,13H,3,6-7,9,16H2,1-2H3. The molecule has 0 radical (unpaired) electrons. The monoisotopic (exact) mass is 318 g/mol. The van der Waals surface area contributed by atoms with Crippen LogP contribution in [0.1, 0.15) is 18.0 Å². The van der Waals surface area contributed by atoms with Gasteiger partial charge in [-0.05, 0) is 37.2 Å². The summed E-state index contributed by atoms with van der Waals surface area (Å²) in [6, 6.07) is 4.70. The lowest BCUT2D eigenvalue weighted by molar-refractivity contribution is 0.166. The van der Waals surface area contributed by atoms with Gasteiger partial charge in [-0.2, -0.15) is 0 Å². The van der Waals surface area contributed by atoms with Gasteiger partial charge in [0.1, 0.15) is 5.82 Å². The van der Waals surface area contributed by atoms with E-state index in [0.717, 1.165) is 23.0 Å². The van der Waals surface area contributed by atoms with Crippen molar-refractivity contribution in [2.75, 3.05) is 33.9 Å². The summed E-state index contributed by atoms with van der Waals surface area (Å²) >= 11 is 3.45. The first kappa shape index (κ1) is 15.6. The van der Waals surface area contributed by atoms with Gasteiger partial charge in [-0.3, -0.25) is 4.90 Å². The number of methoxy groups -OCH3 is 1. The van der Waals surface area contributed by atoms with Crippen LogP contribution in [0.15, 0.2) is 22.7 Å². The number of hydrogen-bond donors (Lipinski definition) is 1. The molecule has 0 aromatic heterocycles. The fourth-order valence-electron chi connectivity index (χ4n) is 1.93. The van der Waals surface area contributed by atoms with Crippen LogP contribution >= 0.6 is 15.9 Å². The number of nitrogens with zero attached hydrogens (tertiary/aromatic N) is 1. The smallest absolute Gasteiger partial charge is 0.123 e. The molecule has 2 N–H and O–H groups in total. The van der Waals surface area contributed by atoms with Crippen LogP contribution in [0.3, 0.4) is 0 Å². The number of likely N-dealkylation sites (N-methyl/N-ethyl adjacent to an activating group) is 1. The first-order chi connectivity index (χ1) is 8.60. The van der Waals surface area contributed by atoms with Gasteiger partial charge in [0.15, 0.2) is 0 Å². The van der Waals surface area contributed by atoms with Crippen molar-refractivity contribution in [3.63, 3.8) is 0 Å². The molecular formula is C13H20BrFN2O. The van der Waals surface area contributed by atoms with Gasteiger partial charge in [0.2, 0.25) is 0 Å². The predicted octanol–water partition coefficient (Wildman–Crippen LogP) is 2.56. The highest BCUT2D eigenvalue weighted by molar-refractivity contribution is 9.10.